The van der Waals surface area contributed by atoms with Crippen molar-refractivity contribution in [3.63, 3.8) is 0 Å². The summed E-state index contributed by atoms with van der Waals surface area (Å²) in [6, 6.07) is 8.39. The Morgan fingerprint density at radius 2 is 1.96 bits per heavy atom. The second kappa shape index (κ2) is 7.33. The zero-order chi connectivity index (χ0) is 17.0. The molecule has 122 valence electrons. The number of hydrogen-bond donors (Lipinski definition) is 2. The standard InChI is InChI=1S/C17H16ClFO4/c1-2-23-15-9-10(8-14(18)16(15)20)7-13(17(21)22)11-3-5-12(19)6-4-11/h3-6,8-9,13,20H,2,7H2,1H3,(H,21,22). The molecule has 0 fully saturated rings. The third kappa shape index (κ3) is 4.13. The Bertz CT molecular complexity index is 700. The summed E-state index contributed by atoms with van der Waals surface area (Å²) in [5, 5.41) is 19.4. The smallest absolute Gasteiger partial charge is 0.311 e. The van der Waals surface area contributed by atoms with Crippen molar-refractivity contribution in [2.75, 3.05) is 6.61 Å². The van der Waals surface area contributed by atoms with Crippen LogP contribution in [-0.2, 0) is 11.2 Å². The molecule has 0 bridgehead atoms. The Morgan fingerprint density at radius 1 is 1.30 bits per heavy atom. The summed E-state index contributed by atoms with van der Waals surface area (Å²) in [7, 11) is 0. The predicted octanol–water partition coefficient (Wildman–Crippen LogP) is 3.99. The highest BCUT2D eigenvalue weighted by Crippen LogP contribution is 2.36. The molecule has 0 heterocycles. The average molecular weight is 339 g/mol. The van der Waals surface area contributed by atoms with Crippen LogP contribution in [0.4, 0.5) is 4.39 Å². The largest absolute Gasteiger partial charge is 0.503 e. The average Bonchev–Trinajstić information content (AvgIpc) is 2.50. The first kappa shape index (κ1) is 17.1. The van der Waals surface area contributed by atoms with Gasteiger partial charge in [0.1, 0.15) is 5.82 Å². The normalized spacial score (nSPS) is 12.0. The summed E-state index contributed by atoms with van der Waals surface area (Å²) in [6.45, 7) is 2.10. The minimum absolute atomic E-state index is 0.0918. The Labute approximate surface area is 138 Å². The van der Waals surface area contributed by atoms with E-state index in [0.717, 1.165) is 0 Å². The highest BCUT2D eigenvalue weighted by Gasteiger charge is 2.22. The van der Waals surface area contributed by atoms with E-state index in [2.05, 4.69) is 0 Å². The molecule has 1 unspecified atom stereocenters. The van der Waals surface area contributed by atoms with Gasteiger partial charge in [0.2, 0.25) is 0 Å². The summed E-state index contributed by atoms with van der Waals surface area (Å²) in [5.74, 6) is -2.28. The van der Waals surface area contributed by atoms with Gasteiger partial charge < -0.3 is 14.9 Å². The quantitative estimate of drug-likeness (QED) is 0.835. The van der Waals surface area contributed by atoms with Crippen LogP contribution in [0.2, 0.25) is 5.02 Å². The molecule has 2 aromatic carbocycles. The van der Waals surface area contributed by atoms with Crippen LogP contribution >= 0.6 is 11.6 Å². The van der Waals surface area contributed by atoms with Gasteiger partial charge in [0.25, 0.3) is 0 Å². The molecule has 1 atom stereocenters. The Hall–Kier alpha value is -2.27. The van der Waals surface area contributed by atoms with E-state index >= 15 is 0 Å². The zero-order valence-electron chi connectivity index (χ0n) is 12.4. The van der Waals surface area contributed by atoms with Crippen LogP contribution < -0.4 is 4.74 Å². The number of aromatic hydroxyl groups is 1. The molecule has 0 aliphatic rings. The summed E-state index contributed by atoms with van der Waals surface area (Å²) < 4.78 is 18.3. The van der Waals surface area contributed by atoms with Gasteiger partial charge >= 0.3 is 5.97 Å². The first-order valence-corrected chi connectivity index (χ1v) is 7.42. The van der Waals surface area contributed by atoms with E-state index in [1.54, 1.807) is 13.0 Å². The number of phenols is 1. The highest BCUT2D eigenvalue weighted by atomic mass is 35.5. The lowest BCUT2D eigenvalue weighted by atomic mass is 9.92. The van der Waals surface area contributed by atoms with E-state index in [4.69, 9.17) is 16.3 Å². The molecule has 0 aliphatic heterocycles. The molecule has 6 heteroatoms. The molecule has 23 heavy (non-hydrogen) atoms. The second-order valence-electron chi connectivity index (χ2n) is 5.00. The molecule has 0 aromatic heterocycles. The van der Waals surface area contributed by atoms with Crippen molar-refractivity contribution >= 4 is 17.6 Å². The van der Waals surface area contributed by atoms with E-state index in [1.807, 2.05) is 0 Å². The minimum Gasteiger partial charge on any atom is -0.503 e. The van der Waals surface area contributed by atoms with Crippen molar-refractivity contribution in [2.45, 2.75) is 19.3 Å². The monoisotopic (exact) mass is 338 g/mol. The molecule has 0 radical (unpaired) electrons. The molecule has 0 saturated carbocycles. The van der Waals surface area contributed by atoms with Crippen molar-refractivity contribution in [2.24, 2.45) is 0 Å². The molecular formula is C17H16ClFO4. The van der Waals surface area contributed by atoms with Crippen LogP contribution in [0.3, 0.4) is 0 Å². The van der Waals surface area contributed by atoms with Crippen LogP contribution in [0, 0.1) is 5.82 Å². The molecule has 2 N–H and O–H groups in total. The number of aliphatic carboxylic acids is 1. The number of carboxylic acid groups (broad SMARTS) is 1. The first-order valence-electron chi connectivity index (χ1n) is 7.04. The fourth-order valence-corrected chi connectivity index (χ4v) is 2.52. The number of ether oxygens (including phenoxy) is 1. The fraction of sp³-hybridized carbons (Fsp3) is 0.235. The third-order valence-electron chi connectivity index (χ3n) is 3.40. The topological polar surface area (TPSA) is 66.8 Å². The van der Waals surface area contributed by atoms with Gasteiger partial charge in [0.15, 0.2) is 11.5 Å². The highest BCUT2D eigenvalue weighted by molar-refractivity contribution is 6.32. The number of hydrogen-bond acceptors (Lipinski definition) is 3. The second-order valence-corrected chi connectivity index (χ2v) is 5.41. The van der Waals surface area contributed by atoms with Gasteiger partial charge in [-0.05, 0) is 48.7 Å². The van der Waals surface area contributed by atoms with E-state index in [9.17, 15) is 19.4 Å². The molecule has 0 saturated heterocycles. The van der Waals surface area contributed by atoms with Crippen LogP contribution in [0.15, 0.2) is 36.4 Å². The van der Waals surface area contributed by atoms with Gasteiger partial charge in [0, 0.05) is 0 Å². The maximum Gasteiger partial charge on any atom is 0.311 e. The molecule has 0 spiro atoms. The van der Waals surface area contributed by atoms with E-state index in [1.165, 1.54) is 30.3 Å². The van der Waals surface area contributed by atoms with E-state index in [0.29, 0.717) is 17.7 Å². The number of halogens is 2. The number of rotatable bonds is 6. The van der Waals surface area contributed by atoms with Crippen LogP contribution in [0.1, 0.15) is 24.0 Å². The molecule has 0 aliphatic carbocycles. The van der Waals surface area contributed by atoms with Crippen molar-refractivity contribution < 1.29 is 24.1 Å². The lowest BCUT2D eigenvalue weighted by Crippen LogP contribution is -2.14. The lowest BCUT2D eigenvalue weighted by molar-refractivity contribution is -0.138. The van der Waals surface area contributed by atoms with Crippen LogP contribution in [0.5, 0.6) is 11.5 Å². The molecular weight excluding hydrogens is 323 g/mol. The first-order chi connectivity index (χ1) is 10.9. The number of benzene rings is 2. The molecule has 0 amide bonds. The van der Waals surface area contributed by atoms with Crippen molar-refractivity contribution in [1.82, 2.24) is 0 Å². The minimum atomic E-state index is -1.03. The maximum atomic E-state index is 13.0. The van der Waals surface area contributed by atoms with Crippen molar-refractivity contribution in [3.8, 4) is 11.5 Å². The predicted molar refractivity (Wildman–Crippen MR) is 84.8 cm³/mol. The SMILES string of the molecule is CCOc1cc(CC(C(=O)O)c2ccc(F)cc2)cc(Cl)c1O. The van der Waals surface area contributed by atoms with E-state index in [-0.39, 0.29) is 22.9 Å². The number of carboxylic acids is 1. The van der Waals surface area contributed by atoms with Crippen molar-refractivity contribution in [1.29, 1.82) is 0 Å². The van der Waals surface area contributed by atoms with Crippen molar-refractivity contribution in [3.05, 3.63) is 58.4 Å². The van der Waals surface area contributed by atoms with Crippen LogP contribution in [0.25, 0.3) is 0 Å². The summed E-state index contributed by atoms with van der Waals surface area (Å²) >= 11 is 5.96. The van der Waals surface area contributed by atoms with Gasteiger partial charge in [-0.1, -0.05) is 23.7 Å². The van der Waals surface area contributed by atoms with Gasteiger partial charge in [-0.2, -0.15) is 0 Å². The van der Waals surface area contributed by atoms with Gasteiger partial charge in [0.05, 0.1) is 17.5 Å². The molecule has 2 rings (SSSR count). The maximum absolute atomic E-state index is 13.0. The van der Waals surface area contributed by atoms with Gasteiger partial charge in [-0.15, -0.1) is 0 Å². The summed E-state index contributed by atoms with van der Waals surface area (Å²) in [6.07, 6.45) is 0.140. The van der Waals surface area contributed by atoms with E-state index < -0.39 is 17.7 Å². The Kier molecular flexibility index (Phi) is 5.45. The molecule has 2 aromatic rings. The molecule has 4 nitrogen and oxygen atoms in total. The Morgan fingerprint density at radius 3 is 2.52 bits per heavy atom. The third-order valence-corrected chi connectivity index (χ3v) is 3.69. The zero-order valence-corrected chi connectivity index (χ0v) is 13.2. The summed E-state index contributed by atoms with van der Waals surface area (Å²) in [4.78, 5) is 11.5. The van der Waals surface area contributed by atoms with Crippen LogP contribution in [-0.4, -0.2) is 22.8 Å². The number of carbonyl (C=O) groups is 1. The van der Waals surface area contributed by atoms with Gasteiger partial charge in [-0.3, -0.25) is 4.79 Å². The summed E-state index contributed by atoms with van der Waals surface area (Å²) in [5.41, 5.74) is 1.09. The Balaban J connectivity index is 2.33. The lowest BCUT2D eigenvalue weighted by Gasteiger charge is -2.15. The fourth-order valence-electron chi connectivity index (χ4n) is 2.29. The number of phenolic OH excluding ortho intramolecular Hbond substituents is 1. The van der Waals surface area contributed by atoms with Gasteiger partial charge in [-0.25, -0.2) is 4.39 Å².